The maximum absolute atomic E-state index is 13.0. The molecule has 4 rings (SSSR count). The van der Waals surface area contributed by atoms with Crippen LogP contribution in [0.25, 0.3) is 22.2 Å². The Hall–Kier alpha value is -3.46. The van der Waals surface area contributed by atoms with Crippen molar-refractivity contribution in [2.24, 2.45) is 0 Å². The molecule has 1 aromatic heterocycles. The van der Waals surface area contributed by atoms with Crippen molar-refractivity contribution >= 4 is 16.9 Å². The van der Waals surface area contributed by atoms with Crippen molar-refractivity contribution in [2.45, 2.75) is 20.8 Å². The number of hydrogen-bond acceptors (Lipinski definition) is 3. The number of ether oxygens (including phenoxy) is 1. The highest BCUT2D eigenvalue weighted by Crippen LogP contribution is 2.27. The number of esters is 1. The highest BCUT2D eigenvalue weighted by molar-refractivity contribution is 6.05. The average molecular weight is 367 g/mol. The van der Waals surface area contributed by atoms with E-state index in [1.54, 1.807) is 6.07 Å². The number of aromatic nitrogens is 1. The van der Waals surface area contributed by atoms with E-state index < -0.39 is 0 Å². The van der Waals surface area contributed by atoms with Crippen LogP contribution in [0.4, 0.5) is 0 Å². The lowest BCUT2D eigenvalue weighted by Crippen LogP contribution is -2.10. The second-order valence-electron chi connectivity index (χ2n) is 7.15. The number of rotatable bonds is 3. The van der Waals surface area contributed by atoms with Gasteiger partial charge in [-0.25, -0.2) is 9.78 Å². The van der Waals surface area contributed by atoms with Gasteiger partial charge in [-0.15, -0.1) is 0 Å². The van der Waals surface area contributed by atoms with Gasteiger partial charge in [0, 0.05) is 10.9 Å². The van der Waals surface area contributed by atoms with Crippen LogP contribution in [0.2, 0.25) is 0 Å². The highest BCUT2D eigenvalue weighted by atomic mass is 16.5. The van der Waals surface area contributed by atoms with Crippen LogP contribution in [0.1, 0.15) is 27.0 Å². The fourth-order valence-corrected chi connectivity index (χ4v) is 3.22. The summed E-state index contributed by atoms with van der Waals surface area (Å²) in [7, 11) is 0. The fraction of sp³-hybridized carbons (Fsp3) is 0.120. The van der Waals surface area contributed by atoms with Crippen LogP contribution in [0.5, 0.6) is 5.75 Å². The minimum Gasteiger partial charge on any atom is -0.423 e. The quantitative estimate of drug-likeness (QED) is 0.327. The molecule has 0 aliphatic heterocycles. The van der Waals surface area contributed by atoms with Crippen molar-refractivity contribution in [3.63, 3.8) is 0 Å². The molecule has 138 valence electrons. The van der Waals surface area contributed by atoms with Crippen LogP contribution in [0.3, 0.4) is 0 Å². The van der Waals surface area contributed by atoms with Gasteiger partial charge in [-0.05, 0) is 56.7 Å². The van der Waals surface area contributed by atoms with E-state index >= 15 is 0 Å². The fourth-order valence-electron chi connectivity index (χ4n) is 3.22. The summed E-state index contributed by atoms with van der Waals surface area (Å²) in [4.78, 5) is 17.8. The Morgan fingerprint density at radius 3 is 2.25 bits per heavy atom. The number of aryl methyl sites for hydroxylation is 3. The lowest BCUT2D eigenvalue weighted by molar-refractivity contribution is 0.0737. The van der Waals surface area contributed by atoms with Crippen molar-refractivity contribution in [1.29, 1.82) is 0 Å². The number of hydrogen-bond donors (Lipinski definition) is 0. The second-order valence-corrected chi connectivity index (χ2v) is 7.15. The molecule has 0 amide bonds. The molecule has 3 nitrogen and oxygen atoms in total. The molecule has 4 aromatic rings. The average Bonchev–Trinajstić information content (AvgIpc) is 2.68. The molecule has 0 atom stereocenters. The molecule has 0 radical (unpaired) electrons. The Morgan fingerprint density at radius 2 is 1.50 bits per heavy atom. The summed E-state index contributed by atoms with van der Waals surface area (Å²) in [6, 6.07) is 23.4. The van der Waals surface area contributed by atoms with E-state index in [-0.39, 0.29) is 5.97 Å². The van der Waals surface area contributed by atoms with Gasteiger partial charge in [0.1, 0.15) is 5.75 Å². The lowest BCUT2D eigenvalue weighted by Gasteiger charge is -2.11. The Labute approximate surface area is 164 Å². The highest BCUT2D eigenvalue weighted by Gasteiger charge is 2.16. The molecule has 0 saturated carbocycles. The smallest absolute Gasteiger partial charge is 0.344 e. The van der Waals surface area contributed by atoms with Crippen molar-refractivity contribution in [3.05, 3.63) is 95.1 Å². The van der Waals surface area contributed by atoms with Crippen molar-refractivity contribution in [2.75, 3.05) is 0 Å². The molecule has 3 heteroatoms. The van der Waals surface area contributed by atoms with Crippen LogP contribution in [0.15, 0.2) is 72.8 Å². The molecule has 0 saturated heterocycles. The molecule has 28 heavy (non-hydrogen) atoms. The van der Waals surface area contributed by atoms with Gasteiger partial charge in [0.2, 0.25) is 0 Å². The number of pyridine rings is 1. The third-order valence-electron chi connectivity index (χ3n) is 4.73. The SMILES string of the molecule is Cc1ccc(-c2cc(C(=O)Oc3cccc(C)c3)c3cc(C)ccc3n2)cc1. The van der Waals surface area contributed by atoms with E-state index in [0.717, 1.165) is 33.3 Å². The van der Waals surface area contributed by atoms with Gasteiger partial charge in [0.25, 0.3) is 0 Å². The zero-order valence-corrected chi connectivity index (χ0v) is 16.2. The van der Waals surface area contributed by atoms with Crippen LogP contribution in [-0.4, -0.2) is 11.0 Å². The predicted molar refractivity (Wildman–Crippen MR) is 113 cm³/mol. The molecule has 0 aliphatic rings. The van der Waals surface area contributed by atoms with E-state index in [2.05, 4.69) is 0 Å². The first-order chi connectivity index (χ1) is 13.5. The molecule has 1 heterocycles. The molecular weight excluding hydrogens is 346 g/mol. The summed E-state index contributed by atoms with van der Waals surface area (Å²) in [6.45, 7) is 6.02. The molecular formula is C25H21NO2. The van der Waals surface area contributed by atoms with Gasteiger partial charge in [-0.1, -0.05) is 53.6 Å². The topological polar surface area (TPSA) is 39.2 Å². The first kappa shape index (κ1) is 17.9. The van der Waals surface area contributed by atoms with E-state index in [9.17, 15) is 4.79 Å². The molecule has 0 unspecified atom stereocenters. The maximum atomic E-state index is 13.0. The number of carbonyl (C=O) groups excluding carboxylic acids is 1. The summed E-state index contributed by atoms with van der Waals surface area (Å²) in [5.41, 5.74) is 6.32. The van der Waals surface area contributed by atoms with Crippen molar-refractivity contribution in [3.8, 4) is 17.0 Å². The Bertz CT molecular complexity index is 1180. The summed E-state index contributed by atoms with van der Waals surface area (Å²) in [6.07, 6.45) is 0. The van der Waals surface area contributed by atoms with Gasteiger partial charge in [0.15, 0.2) is 0 Å². The Kier molecular flexibility index (Phi) is 4.66. The molecule has 0 bridgehead atoms. The van der Waals surface area contributed by atoms with E-state index in [1.807, 2.05) is 87.5 Å². The van der Waals surface area contributed by atoms with Gasteiger partial charge in [-0.3, -0.25) is 0 Å². The van der Waals surface area contributed by atoms with Crippen molar-refractivity contribution < 1.29 is 9.53 Å². The normalized spacial score (nSPS) is 10.8. The standard InChI is InChI=1S/C25H21NO2/c1-16-7-10-19(11-8-16)24-15-22(21-14-18(3)9-12-23(21)26-24)25(27)28-20-6-4-5-17(2)13-20/h4-15H,1-3H3. The predicted octanol–water partition coefficient (Wildman–Crippen LogP) is 6.05. The van der Waals surface area contributed by atoms with Gasteiger partial charge >= 0.3 is 5.97 Å². The van der Waals surface area contributed by atoms with E-state index in [0.29, 0.717) is 11.3 Å². The monoisotopic (exact) mass is 367 g/mol. The molecule has 0 spiro atoms. The van der Waals surface area contributed by atoms with E-state index in [1.165, 1.54) is 5.56 Å². The largest absolute Gasteiger partial charge is 0.423 e. The van der Waals surface area contributed by atoms with E-state index in [4.69, 9.17) is 9.72 Å². The minimum absolute atomic E-state index is 0.378. The third kappa shape index (κ3) is 3.65. The zero-order chi connectivity index (χ0) is 19.7. The Balaban J connectivity index is 1.83. The lowest BCUT2D eigenvalue weighted by atomic mass is 10.0. The van der Waals surface area contributed by atoms with Crippen LogP contribution in [0, 0.1) is 20.8 Å². The summed E-state index contributed by atoms with van der Waals surface area (Å²) in [5, 5.41) is 0.800. The Morgan fingerprint density at radius 1 is 0.786 bits per heavy atom. The van der Waals surface area contributed by atoms with Gasteiger partial charge in [0.05, 0.1) is 16.8 Å². The van der Waals surface area contributed by atoms with Crippen LogP contribution >= 0.6 is 0 Å². The summed E-state index contributed by atoms with van der Waals surface area (Å²) < 4.78 is 5.67. The second kappa shape index (κ2) is 7.28. The van der Waals surface area contributed by atoms with Crippen LogP contribution < -0.4 is 4.74 Å². The van der Waals surface area contributed by atoms with Crippen LogP contribution in [-0.2, 0) is 0 Å². The number of nitrogens with zero attached hydrogens (tertiary/aromatic N) is 1. The molecule has 0 fully saturated rings. The summed E-state index contributed by atoms with van der Waals surface area (Å²) in [5.74, 6) is 0.163. The van der Waals surface area contributed by atoms with Crippen molar-refractivity contribution in [1.82, 2.24) is 4.98 Å². The third-order valence-corrected chi connectivity index (χ3v) is 4.73. The van der Waals surface area contributed by atoms with Gasteiger partial charge in [-0.2, -0.15) is 0 Å². The molecule has 0 N–H and O–H groups in total. The summed E-state index contributed by atoms with van der Waals surface area (Å²) >= 11 is 0. The first-order valence-corrected chi connectivity index (χ1v) is 9.27. The number of fused-ring (bicyclic) bond motifs is 1. The zero-order valence-electron chi connectivity index (χ0n) is 16.2. The number of carbonyl (C=O) groups is 1. The maximum Gasteiger partial charge on any atom is 0.344 e. The van der Waals surface area contributed by atoms with Gasteiger partial charge < -0.3 is 4.74 Å². The number of benzene rings is 3. The minimum atomic E-state index is -0.378. The first-order valence-electron chi connectivity index (χ1n) is 9.27. The molecule has 3 aromatic carbocycles. The molecule has 0 aliphatic carbocycles.